The number of hydrogen-bond acceptors (Lipinski definition) is 23. The van der Waals surface area contributed by atoms with Gasteiger partial charge in [-0.3, -0.25) is 24.2 Å². The third-order valence-electron chi connectivity index (χ3n) is 19.0. The van der Waals surface area contributed by atoms with Gasteiger partial charge in [0.15, 0.2) is 31.0 Å². The highest BCUT2D eigenvalue weighted by Crippen LogP contribution is 2.59. The van der Waals surface area contributed by atoms with Crippen LogP contribution in [0.3, 0.4) is 0 Å². The Labute approximate surface area is 621 Å². The van der Waals surface area contributed by atoms with E-state index in [0.29, 0.717) is 22.7 Å². The van der Waals surface area contributed by atoms with Crippen LogP contribution in [-0.2, 0) is 56.2 Å². The van der Waals surface area contributed by atoms with Crippen molar-refractivity contribution in [2.24, 2.45) is 35.5 Å². The van der Waals surface area contributed by atoms with Crippen molar-refractivity contribution in [3.8, 4) is 11.5 Å². The topological polar surface area (TPSA) is 275 Å². The molecule has 3 fully saturated rings. The van der Waals surface area contributed by atoms with Gasteiger partial charge in [0.25, 0.3) is 0 Å². The van der Waals surface area contributed by atoms with Crippen molar-refractivity contribution in [1.82, 2.24) is 34.9 Å². The van der Waals surface area contributed by atoms with Crippen LogP contribution >= 0.6 is 54.0 Å². The summed E-state index contributed by atoms with van der Waals surface area (Å²) in [5.74, 6) is -4.61. The number of phosphoric acid groups is 1. The van der Waals surface area contributed by atoms with Gasteiger partial charge in [0, 0.05) is 63.5 Å². The molecule has 23 nitrogen and oxygen atoms in total. The van der Waals surface area contributed by atoms with Crippen molar-refractivity contribution in [2.75, 3.05) is 33.4 Å². The lowest BCUT2D eigenvalue weighted by Crippen LogP contribution is -2.64. The zero-order valence-corrected chi connectivity index (χ0v) is 67.0. The fourth-order valence-electron chi connectivity index (χ4n) is 14.3. The maximum atomic E-state index is 14.2. The van der Waals surface area contributed by atoms with Crippen LogP contribution in [-0.4, -0.2) is 174 Å². The van der Waals surface area contributed by atoms with E-state index in [1.54, 1.807) is 90.7 Å². The van der Waals surface area contributed by atoms with E-state index in [4.69, 9.17) is 41.9 Å². The van der Waals surface area contributed by atoms with E-state index in [1.165, 1.54) is 68.0 Å². The van der Waals surface area contributed by atoms with Crippen LogP contribution in [0.4, 0.5) is 0 Å². The quantitative estimate of drug-likeness (QED) is 0.0173. The first-order valence-corrected chi connectivity index (χ1v) is 46.3. The summed E-state index contributed by atoms with van der Waals surface area (Å²) >= 11 is 5.89. The predicted molar refractivity (Wildman–Crippen MR) is 404 cm³/mol. The number of carbonyl (C=O) groups excluding carboxylic acids is 5. The molecule has 8 aliphatic heterocycles. The van der Waals surface area contributed by atoms with Gasteiger partial charge in [0.05, 0.1) is 65.6 Å². The van der Waals surface area contributed by atoms with Gasteiger partial charge in [-0.05, 0) is 129 Å². The number of nitrogens with one attached hydrogen (secondary N) is 1. The normalized spacial score (nSPS) is 26.1. The van der Waals surface area contributed by atoms with Crippen molar-refractivity contribution in [3.63, 3.8) is 0 Å². The molecule has 103 heavy (non-hydrogen) atoms. The number of hydrogen-bond donors (Lipinski definition) is 3. The van der Waals surface area contributed by atoms with E-state index in [9.17, 15) is 43.5 Å². The minimum Gasteiger partial charge on any atom is -0.477 e. The minimum atomic E-state index is -4.42. The molecule has 554 valence electrons. The van der Waals surface area contributed by atoms with E-state index >= 15 is 0 Å². The number of aliphatic hydroxyl groups excluding tert-OH is 1. The van der Waals surface area contributed by atoms with Crippen LogP contribution in [0.25, 0.3) is 11.1 Å². The molecule has 0 bridgehead atoms. The number of aliphatic carboxylic acids is 1. The molecule has 2 aromatic carbocycles. The van der Waals surface area contributed by atoms with Gasteiger partial charge in [-0.1, -0.05) is 118 Å². The minimum absolute atomic E-state index is 0.000288. The number of esters is 2. The number of carboxylic acids is 1. The molecule has 0 saturated carbocycles. The Hall–Kier alpha value is -6.74. The summed E-state index contributed by atoms with van der Waals surface area (Å²) in [6, 6.07) is 16.9. The number of likely N-dealkylation sites (N-methyl/N-ethyl adjacent to an activating group) is 1. The third kappa shape index (κ3) is 17.2. The summed E-state index contributed by atoms with van der Waals surface area (Å²) < 4.78 is 56.6. The van der Waals surface area contributed by atoms with E-state index in [0.717, 1.165) is 50.9 Å². The van der Waals surface area contributed by atoms with E-state index < -0.39 is 72.3 Å². The number of phosphoric ester groups is 1. The molecule has 4 aromatic rings. The van der Waals surface area contributed by atoms with Crippen molar-refractivity contribution in [2.45, 2.75) is 165 Å². The first-order chi connectivity index (χ1) is 48.7. The van der Waals surface area contributed by atoms with E-state index in [-0.39, 0.29) is 102 Å². The molecule has 3 saturated heterocycles. The lowest BCUT2D eigenvalue weighted by Gasteiger charge is -2.48. The predicted octanol–water partition coefficient (Wildman–Crippen LogP) is 13.1. The number of carboxylic acid groups (broad SMARTS) is 1. The molecular weight excluding hydrogens is 1450 g/mol. The standard InChI is InChI=1S/C28H34NO8PSi.C26H37N3O4S2Si.C19H23N3O4S2/c1-7-18-33-28(31)25-26(19(2)24-23(27(30)29(24)25)20(3)37-39(4,5)6)36-38(32,34-21-14-10-8-11-15-21)35-22-16-12-9-13-17-22;1-9-12-32-25(31)22-23(16(3)21-20(24(30)29(21)22)17(4)33-36(6,7)8)35-26-27-19(14-34-26)18-10-11-28(5)15(2)13-18;1-8-6-11(4-5-20-8)12-7-27-19(21-12)28-16-9(2)14-13(10(3)23)17(24)22(14)15(16)18(25)26/h7-17,19-20,23-24H,1,18H2,2-6H3;9-10,14-17,20-21H,1,11-13H2,2-8H3;4,7-10,13-14,20,23H,5-6H2,1-3H3,(H,25,26)/t19-,20-,23-,24-;15-,16+,17+,20+,21+;8-,9+,10+,13+,14+/m100/s1. The summed E-state index contributed by atoms with van der Waals surface area (Å²) in [5, 5.41) is 27.1. The van der Waals surface area contributed by atoms with Gasteiger partial charge < -0.3 is 57.2 Å². The summed E-state index contributed by atoms with van der Waals surface area (Å²) in [7, 11) is -6.08. The molecule has 0 aliphatic carbocycles. The number of aliphatic hydroxyl groups is 1. The van der Waals surface area contributed by atoms with Gasteiger partial charge in [0.2, 0.25) is 17.7 Å². The zero-order chi connectivity index (χ0) is 74.9. The molecule has 0 unspecified atom stereocenters. The molecule has 3 amide bonds. The molecule has 10 heterocycles. The highest BCUT2D eigenvalue weighted by atomic mass is 32.2. The first kappa shape index (κ1) is 78.8. The molecule has 8 aliphatic rings. The van der Waals surface area contributed by atoms with Gasteiger partial charge >= 0.3 is 25.7 Å². The number of amides is 3. The Bertz CT molecular complexity index is 4070. The number of benzene rings is 2. The number of aromatic nitrogens is 2. The van der Waals surface area contributed by atoms with Crippen LogP contribution in [0.2, 0.25) is 39.3 Å². The summed E-state index contributed by atoms with van der Waals surface area (Å²) in [5.41, 5.74) is 4.67. The van der Waals surface area contributed by atoms with Gasteiger partial charge in [-0.2, -0.15) is 4.57 Å². The first-order valence-electron chi connectivity index (χ1n) is 34.6. The van der Waals surface area contributed by atoms with E-state index in [2.05, 4.69) is 88.4 Å². The number of thiazole rings is 2. The smallest absolute Gasteiger partial charge is 0.477 e. The van der Waals surface area contributed by atoms with Crippen molar-refractivity contribution < 1.29 is 75.4 Å². The Kier molecular flexibility index (Phi) is 24.9. The Morgan fingerprint density at radius 1 is 0.650 bits per heavy atom. The van der Waals surface area contributed by atoms with Crippen LogP contribution in [0.5, 0.6) is 11.5 Å². The number of fused-ring (bicyclic) bond motifs is 3. The largest absolute Gasteiger partial charge is 0.646 e. The molecule has 12 rings (SSSR count). The van der Waals surface area contributed by atoms with Gasteiger partial charge in [0.1, 0.15) is 41.9 Å². The number of para-hydroxylation sites is 2. The SMILES string of the molecule is C=CCOC(=O)C1=C(OP(=O)(Oc2ccccc2)Oc2ccccc2)[C@H](C)[C@@H]2[C@@H]([C@@H](C)O[Si](C)(C)C)C(=O)N12.C=CCOC(=O)C1=C(Sc2nc(C3=CCN(C)[C@@H](C)C3)cs2)[C@H](C)[C@@H]2[C@@H]([C@@H](C)O[Si](C)(C)C)C(=O)N12.C[C@H]1CC(c2csc(SC3=C(C(=O)O)N4C(=O)[C@H]([C@@H](C)O)[C@H]4[C@H]3C)n2)=CCN1. The molecular formula is C73H94N7O16PS4Si2. The average molecular weight is 1540 g/mol. The van der Waals surface area contributed by atoms with Crippen molar-refractivity contribution in [1.29, 1.82) is 0 Å². The Morgan fingerprint density at radius 3 is 1.54 bits per heavy atom. The number of thioether (sulfide) groups is 2. The molecule has 3 N–H and O–H groups in total. The molecule has 0 spiro atoms. The number of nitrogens with zero attached hydrogens (tertiary/aromatic N) is 6. The summed E-state index contributed by atoms with van der Waals surface area (Å²) in [6.45, 7) is 37.1. The lowest BCUT2D eigenvalue weighted by molar-refractivity contribution is -0.163. The second-order valence-electron chi connectivity index (χ2n) is 28.9. The fraction of sp³-hybridized carbons (Fsp3) is 0.479. The highest BCUT2D eigenvalue weighted by Gasteiger charge is 2.64. The second kappa shape index (κ2) is 32.5. The van der Waals surface area contributed by atoms with Crippen LogP contribution < -0.4 is 14.4 Å². The lowest BCUT2D eigenvalue weighted by atomic mass is 9.79. The summed E-state index contributed by atoms with van der Waals surface area (Å²) in [6.07, 6.45) is 7.83. The van der Waals surface area contributed by atoms with E-state index in [1.807, 2.05) is 45.8 Å². The summed E-state index contributed by atoms with van der Waals surface area (Å²) in [4.78, 5) is 95.1. The van der Waals surface area contributed by atoms with Crippen LogP contribution in [0.1, 0.15) is 79.6 Å². The second-order valence-corrected chi connectivity index (χ2v) is 43.5. The molecule has 2 aromatic heterocycles. The average Bonchev–Trinajstić information content (AvgIpc) is 1.57. The van der Waals surface area contributed by atoms with Gasteiger partial charge in [-0.25, -0.2) is 24.4 Å². The number of carbonyl (C=O) groups is 6. The van der Waals surface area contributed by atoms with Crippen molar-refractivity contribution in [3.05, 3.63) is 153 Å². The molecule has 30 heteroatoms. The van der Waals surface area contributed by atoms with Crippen LogP contribution in [0, 0.1) is 35.5 Å². The zero-order valence-electron chi connectivity index (χ0n) is 60.9. The fourth-order valence-corrected chi connectivity index (χ4v) is 22.5. The Morgan fingerprint density at radius 2 is 1.09 bits per heavy atom. The van der Waals surface area contributed by atoms with Gasteiger partial charge in [-0.15, -0.1) is 22.7 Å². The molecule has 14 atom stereocenters. The maximum absolute atomic E-state index is 14.2. The maximum Gasteiger partial charge on any atom is 0.646 e. The number of ether oxygens (including phenoxy) is 2. The number of rotatable bonds is 26. The number of β-lactam (4-membered cyclic amide) rings is 3. The van der Waals surface area contributed by atoms with Crippen LogP contribution in [0.15, 0.2) is 150 Å². The third-order valence-corrected chi connectivity index (χ3v) is 26.9. The Balaban J connectivity index is 0.000000168. The highest BCUT2D eigenvalue weighted by molar-refractivity contribution is 8.05. The van der Waals surface area contributed by atoms with Crippen molar-refractivity contribution >= 4 is 117 Å². The molecule has 0 radical (unpaired) electrons. The monoisotopic (exact) mass is 1540 g/mol.